The van der Waals surface area contributed by atoms with E-state index in [0.717, 1.165) is 18.7 Å². The summed E-state index contributed by atoms with van der Waals surface area (Å²) < 4.78 is 6.88. The minimum absolute atomic E-state index is 0.170. The molecule has 31 heavy (non-hydrogen) atoms. The lowest BCUT2D eigenvalue weighted by Crippen LogP contribution is -2.44. The third-order valence-electron chi connectivity index (χ3n) is 6.92. The van der Waals surface area contributed by atoms with Crippen molar-refractivity contribution in [3.63, 3.8) is 0 Å². The quantitative estimate of drug-likeness (QED) is 0.367. The van der Waals surface area contributed by atoms with Crippen molar-refractivity contribution in [2.45, 2.75) is 97.9 Å². The first-order valence-corrected chi connectivity index (χ1v) is 14.8. The molecule has 2 rings (SSSR count). The first-order valence-electron chi connectivity index (χ1n) is 11.9. The minimum atomic E-state index is -1.93. The van der Waals surface area contributed by atoms with Crippen LogP contribution in [0.15, 0.2) is 48.5 Å². The highest BCUT2D eigenvalue weighted by molar-refractivity contribution is 6.74. The van der Waals surface area contributed by atoms with Crippen molar-refractivity contribution in [1.82, 2.24) is 4.90 Å². The van der Waals surface area contributed by atoms with E-state index in [0.29, 0.717) is 18.0 Å². The normalized spacial score (nSPS) is 13.8. The molecule has 0 aliphatic rings. The molecular formula is C28H45NOSi. The summed E-state index contributed by atoms with van der Waals surface area (Å²) >= 11 is 0. The Hall–Kier alpha value is -1.58. The van der Waals surface area contributed by atoms with Crippen molar-refractivity contribution in [2.75, 3.05) is 6.54 Å². The Morgan fingerprint density at radius 1 is 0.903 bits per heavy atom. The molecule has 0 N–H and O–H groups in total. The first-order chi connectivity index (χ1) is 14.3. The molecule has 0 amide bonds. The van der Waals surface area contributed by atoms with Gasteiger partial charge in [0.25, 0.3) is 0 Å². The largest absolute Gasteiger partial charge is 0.543 e. The van der Waals surface area contributed by atoms with Gasteiger partial charge in [-0.15, -0.1) is 0 Å². The third kappa shape index (κ3) is 6.70. The summed E-state index contributed by atoms with van der Waals surface area (Å²) in [6.07, 6.45) is 1.08. The molecule has 3 heteroatoms. The number of hydrogen-bond donors (Lipinski definition) is 0. The summed E-state index contributed by atoms with van der Waals surface area (Å²) in [5.74, 6) is 1.40. The van der Waals surface area contributed by atoms with Crippen molar-refractivity contribution in [3.8, 4) is 5.75 Å². The molecule has 0 heterocycles. The van der Waals surface area contributed by atoms with E-state index < -0.39 is 8.32 Å². The van der Waals surface area contributed by atoms with Crippen LogP contribution in [0.2, 0.25) is 18.1 Å². The van der Waals surface area contributed by atoms with Gasteiger partial charge >= 0.3 is 0 Å². The predicted octanol–water partition coefficient (Wildman–Crippen LogP) is 8.02. The zero-order chi connectivity index (χ0) is 23.4. The third-order valence-corrected chi connectivity index (χ3v) is 11.3. The summed E-state index contributed by atoms with van der Waals surface area (Å²) in [5.41, 5.74) is 4.01. The lowest BCUT2D eigenvalue weighted by molar-refractivity contribution is 0.170. The van der Waals surface area contributed by atoms with Gasteiger partial charge in [0.15, 0.2) is 0 Å². The molecule has 0 aliphatic heterocycles. The highest BCUT2D eigenvalue weighted by atomic mass is 28.4. The second-order valence-electron chi connectivity index (χ2n) is 11.1. The number of aryl methyl sites for hydroxylation is 1. The van der Waals surface area contributed by atoms with Crippen LogP contribution in [-0.4, -0.2) is 31.8 Å². The summed E-state index contributed by atoms with van der Waals surface area (Å²) in [7, 11) is -1.93. The number of hydrogen-bond acceptors (Lipinski definition) is 2. The fourth-order valence-corrected chi connectivity index (χ4v) is 5.08. The highest BCUT2D eigenvalue weighted by Crippen LogP contribution is 2.41. The Morgan fingerprint density at radius 3 is 2.00 bits per heavy atom. The summed E-state index contributed by atoms with van der Waals surface area (Å²) in [4.78, 5) is 2.60. The molecule has 2 aromatic carbocycles. The van der Waals surface area contributed by atoms with Crippen LogP contribution in [0.25, 0.3) is 0 Å². The van der Waals surface area contributed by atoms with Gasteiger partial charge in [0.05, 0.1) is 0 Å². The van der Waals surface area contributed by atoms with Gasteiger partial charge < -0.3 is 4.43 Å². The van der Waals surface area contributed by atoms with Gasteiger partial charge in [-0.3, -0.25) is 4.90 Å². The lowest BCUT2D eigenvalue weighted by Gasteiger charge is -2.38. The zero-order valence-corrected chi connectivity index (χ0v) is 22.6. The fraction of sp³-hybridized carbons (Fsp3) is 0.571. The Morgan fingerprint density at radius 2 is 1.48 bits per heavy atom. The van der Waals surface area contributed by atoms with Crippen LogP contribution in [0, 0.1) is 6.92 Å². The maximum absolute atomic E-state index is 6.88. The summed E-state index contributed by atoms with van der Waals surface area (Å²) in [6, 6.07) is 18.8. The van der Waals surface area contributed by atoms with E-state index in [4.69, 9.17) is 4.43 Å². The lowest BCUT2D eigenvalue weighted by atomic mass is 9.87. The predicted molar refractivity (Wildman–Crippen MR) is 139 cm³/mol. The Bertz CT molecular complexity index is 813. The van der Waals surface area contributed by atoms with Gasteiger partial charge in [0.2, 0.25) is 8.32 Å². The molecule has 0 bridgehead atoms. The van der Waals surface area contributed by atoms with Gasteiger partial charge in [0.1, 0.15) is 5.75 Å². The van der Waals surface area contributed by atoms with Crippen molar-refractivity contribution < 1.29 is 4.43 Å². The van der Waals surface area contributed by atoms with Crippen LogP contribution >= 0.6 is 0 Å². The standard InChI is InChI=1S/C28H45NOSi/c1-21(2)29(22(3)4)19-18-25(24-14-12-11-13-15-24)26-20-23(5)16-17-27(26)30-31(9,10)28(6,7)8/h11-17,20-22,25H,18-19H2,1-10H3. The maximum atomic E-state index is 6.88. The van der Waals surface area contributed by atoms with E-state index in [1.807, 2.05) is 0 Å². The van der Waals surface area contributed by atoms with Crippen LogP contribution in [0.5, 0.6) is 5.75 Å². The van der Waals surface area contributed by atoms with E-state index in [1.54, 1.807) is 0 Å². The van der Waals surface area contributed by atoms with Gasteiger partial charge in [-0.2, -0.15) is 0 Å². The monoisotopic (exact) mass is 439 g/mol. The Kier molecular flexibility index (Phi) is 8.58. The fourth-order valence-electron chi connectivity index (χ4n) is 4.04. The van der Waals surface area contributed by atoms with E-state index >= 15 is 0 Å². The van der Waals surface area contributed by atoms with E-state index in [-0.39, 0.29) is 5.04 Å². The first kappa shape index (κ1) is 25.7. The Labute approximate surface area is 193 Å². The SMILES string of the molecule is Cc1ccc(O[Si](C)(C)C(C)(C)C)c(C(CCN(C(C)C)C(C)C)c2ccccc2)c1. The van der Waals surface area contributed by atoms with Gasteiger partial charge in [0, 0.05) is 23.6 Å². The molecule has 1 atom stereocenters. The van der Waals surface area contributed by atoms with Crippen molar-refractivity contribution in [3.05, 3.63) is 65.2 Å². The van der Waals surface area contributed by atoms with Gasteiger partial charge in [-0.25, -0.2) is 0 Å². The van der Waals surface area contributed by atoms with E-state index in [2.05, 4.69) is 122 Å². The molecule has 2 nitrogen and oxygen atoms in total. The molecule has 1 unspecified atom stereocenters. The molecule has 0 radical (unpaired) electrons. The number of nitrogens with zero attached hydrogens (tertiary/aromatic N) is 1. The maximum Gasteiger partial charge on any atom is 0.250 e. The van der Waals surface area contributed by atoms with Crippen molar-refractivity contribution in [2.24, 2.45) is 0 Å². The zero-order valence-electron chi connectivity index (χ0n) is 21.6. The van der Waals surface area contributed by atoms with Crippen LogP contribution in [0.3, 0.4) is 0 Å². The van der Waals surface area contributed by atoms with Crippen molar-refractivity contribution >= 4 is 8.32 Å². The summed E-state index contributed by atoms with van der Waals surface area (Å²) in [5, 5.41) is 0.170. The molecule has 172 valence electrons. The topological polar surface area (TPSA) is 12.5 Å². The van der Waals surface area contributed by atoms with Crippen LogP contribution < -0.4 is 4.43 Å². The average molecular weight is 440 g/mol. The Balaban J connectivity index is 2.50. The second kappa shape index (κ2) is 10.4. The second-order valence-corrected chi connectivity index (χ2v) is 15.8. The van der Waals surface area contributed by atoms with Crippen LogP contribution in [-0.2, 0) is 0 Å². The molecule has 0 saturated heterocycles. The van der Waals surface area contributed by atoms with Crippen molar-refractivity contribution in [1.29, 1.82) is 0 Å². The highest BCUT2D eigenvalue weighted by Gasteiger charge is 2.39. The molecule has 0 aliphatic carbocycles. The number of rotatable bonds is 9. The van der Waals surface area contributed by atoms with Crippen LogP contribution in [0.1, 0.15) is 77.5 Å². The summed E-state index contributed by atoms with van der Waals surface area (Å²) in [6.45, 7) is 24.1. The van der Waals surface area contributed by atoms with Crippen LogP contribution in [0.4, 0.5) is 0 Å². The molecule has 0 fully saturated rings. The van der Waals surface area contributed by atoms with E-state index in [1.165, 1.54) is 16.7 Å². The smallest absolute Gasteiger partial charge is 0.250 e. The minimum Gasteiger partial charge on any atom is -0.543 e. The molecule has 0 saturated carbocycles. The van der Waals surface area contributed by atoms with Gasteiger partial charge in [-0.05, 0) is 77.3 Å². The molecule has 0 spiro atoms. The van der Waals surface area contributed by atoms with E-state index in [9.17, 15) is 0 Å². The molecule has 0 aromatic heterocycles. The molecule has 2 aromatic rings. The van der Waals surface area contributed by atoms with Gasteiger partial charge in [-0.1, -0.05) is 68.8 Å². The molecular weight excluding hydrogens is 394 g/mol. The number of benzene rings is 2. The average Bonchev–Trinajstić information content (AvgIpc) is 2.66.